The summed E-state index contributed by atoms with van der Waals surface area (Å²) in [6.07, 6.45) is -7.12. The third-order valence-corrected chi connectivity index (χ3v) is 5.36. The Morgan fingerprint density at radius 1 is 1.12 bits per heavy atom. The lowest BCUT2D eigenvalue weighted by Gasteiger charge is -2.69. The molecule has 2 aromatic heterocycles. The van der Waals surface area contributed by atoms with Gasteiger partial charge in [-0.25, -0.2) is 23.7 Å². The van der Waals surface area contributed by atoms with Gasteiger partial charge in [-0.3, -0.25) is 9.36 Å². The first-order valence-corrected chi connectivity index (χ1v) is 7.67. The predicted molar refractivity (Wildman–Crippen MR) is 76.6 cm³/mol. The number of hydrogen-bond donors (Lipinski definition) is 0. The van der Waals surface area contributed by atoms with Crippen molar-refractivity contribution in [3.8, 4) is 0 Å². The van der Waals surface area contributed by atoms with E-state index in [1.54, 1.807) is 0 Å². The molecule has 134 valence electrons. The zero-order valence-electron chi connectivity index (χ0n) is 12.7. The van der Waals surface area contributed by atoms with Crippen LogP contribution in [0.25, 0.3) is 11.0 Å². The fourth-order valence-corrected chi connectivity index (χ4v) is 4.26. The average molecular weight is 381 g/mol. The van der Waals surface area contributed by atoms with Crippen LogP contribution >= 0.6 is 11.6 Å². The van der Waals surface area contributed by atoms with Crippen LogP contribution in [0.15, 0.2) is 4.79 Å². The SMILES string of the molecule is Cn1c(C(F)(F)F)nc2c(C34CC(C(F)F)(C3)C4)nc(Cl)nc2c1=O. The number of rotatable bonds is 2. The minimum Gasteiger partial charge on any atom is -0.290 e. The molecule has 0 N–H and O–H groups in total. The maximum atomic E-state index is 13.1. The normalized spacial score (nSPS) is 28.2. The lowest BCUT2D eigenvalue weighted by molar-refractivity contribution is -0.222. The highest BCUT2D eigenvalue weighted by atomic mass is 35.5. The van der Waals surface area contributed by atoms with E-state index in [1.807, 2.05) is 0 Å². The van der Waals surface area contributed by atoms with Crippen molar-refractivity contribution in [3.63, 3.8) is 0 Å². The molecule has 0 radical (unpaired) electrons. The van der Waals surface area contributed by atoms with Gasteiger partial charge in [0.1, 0.15) is 5.52 Å². The zero-order valence-corrected chi connectivity index (χ0v) is 13.4. The molecule has 0 aliphatic heterocycles. The summed E-state index contributed by atoms with van der Waals surface area (Å²) >= 11 is 5.81. The second-order valence-corrected chi connectivity index (χ2v) is 7.15. The summed E-state index contributed by atoms with van der Waals surface area (Å²) in [6.45, 7) is 0. The monoisotopic (exact) mass is 380 g/mol. The van der Waals surface area contributed by atoms with Crippen LogP contribution in [0.4, 0.5) is 22.0 Å². The summed E-state index contributed by atoms with van der Waals surface area (Å²) in [5.41, 5.74) is -3.56. The Balaban J connectivity index is 1.95. The number of halogens is 6. The van der Waals surface area contributed by atoms with Gasteiger partial charge in [0.05, 0.1) is 5.69 Å². The third kappa shape index (κ3) is 2.06. The van der Waals surface area contributed by atoms with Gasteiger partial charge >= 0.3 is 6.18 Å². The van der Waals surface area contributed by atoms with Crippen LogP contribution in [-0.2, 0) is 18.6 Å². The predicted octanol–water partition coefficient (Wildman–Crippen LogP) is 3.08. The van der Waals surface area contributed by atoms with Crippen molar-refractivity contribution in [3.05, 3.63) is 27.2 Å². The molecule has 2 aromatic rings. The van der Waals surface area contributed by atoms with E-state index in [-0.39, 0.29) is 41.3 Å². The highest BCUT2D eigenvalue weighted by Gasteiger charge is 2.73. The van der Waals surface area contributed by atoms with Gasteiger partial charge in [-0.1, -0.05) is 0 Å². The van der Waals surface area contributed by atoms with Crippen LogP contribution < -0.4 is 5.56 Å². The summed E-state index contributed by atoms with van der Waals surface area (Å²) < 4.78 is 65.9. The first kappa shape index (κ1) is 16.6. The second kappa shape index (κ2) is 4.66. The second-order valence-electron chi connectivity index (χ2n) is 6.81. The maximum absolute atomic E-state index is 13.1. The molecule has 0 aromatic carbocycles. The largest absolute Gasteiger partial charge is 0.449 e. The molecule has 25 heavy (non-hydrogen) atoms. The Hall–Kier alpha value is -1.84. The van der Waals surface area contributed by atoms with E-state index in [0.29, 0.717) is 4.57 Å². The van der Waals surface area contributed by atoms with Crippen LogP contribution in [0.3, 0.4) is 0 Å². The van der Waals surface area contributed by atoms with E-state index in [2.05, 4.69) is 15.0 Å². The maximum Gasteiger partial charge on any atom is 0.449 e. The average Bonchev–Trinajstić information content (AvgIpc) is 2.38. The lowest BCUT2D eigenvalue weighted by atomic mass is 9.34. The highest BCUT2D eigenvalue weighted by Crippen LogP contribution is 2.75. The van der Waals surface area contributed by atoms with Gasteiger partial charge in [-0.05, 0) is 30.9 Å². The quantitative estimate of drug-likeness (QED) is 0.593. The van der Waals surface area contributed by atoms with Crippen LogP contribution in [0.1, 0.15) is 30.8 Å². The Morgan fingerprint density at radius 2 is 1.72 bits per heavy atom. The summed E-state index contributed by atoms with van der Waals surface area (Å²) in [7, 11) is 0.931. The molecule has 0 saturated heterocycles. The smallest absolute Gasteiger partial charge is 0.290 e. The summed E-state index contributed by atoms with van der Waals surface area (Å²) in [5.74, 6) is -1.40. The van der Waals surface area contributed by atoms with Crippen molar-refractivity contribution >= 4 is 22.6 Å². The van der Waals surface area contributed by atoms with Crippen LogP contribution in [-0.4, -0.2) is 25.9 Å². The molecule has 11 heteroatoms. The van der Waals surface area contributed by atoms with Crippen LogP contribution in [0, 0.1) is 5.41 Å². The van der Waals surface area contributed by atoms with E-state index in [9.17, 15) is 26.7 Å². The number of fused-ring (bicyclic) bond motifs is 1. The topological polar surface area (TPSA) is 60.7 Å². The van der Waals surface area contributed by atoms with E-state index >= 15 is 0 Å². The lowest BCUT2D eigenvalue weighted by Crippen LogP contribution is -2.68. The van der Waals surface area contributed by atoms with Crippen molar-refractivity contribution in [2.45, 2.75) is 37.3 Å². The summed E-state index contributed by atoms with van der Waals surface area (Å²) in [4.78, 5) is 23.5. The Morgan fingerprint density at radius 3 is 2.24 bits per heavy atom. The Labute approximate surface area is 141 Å². The van der Waals surface area contributed by atoms with Crippen molar-refractivity contribution < 1.29 is 22.0 Å². The minimum absolute atomic E-state index is 0.0493. The van der Waals surface area contributed by atoms with Gasteiger partial charge in [-0.15, -0.1) is 0 Å². The minimum atomic E-state index is -4.86. The fraction of sp³-hybridized carbons (Fsp3) is 0.571. The molecule has 0 atom stereocenters. The molecule has 2 bridgehead atoms. The molecule has 3 saturated carbocycles. The summed E-state index contributed by atoms with van der Waals surface area (Å²) in [5, 5.41) is -0.322. The molecular weight excluding hydrogens is 371 g/mol. The first-order valence-electron chi connectivity index (χ1n) is 7.29. The summed E-state index contributed by atoms with van der Waals surface area (Å²) in [6, 6.07) is 0. The first-order chi connectivity index (χ1) is 11.5. The van der Waals surface area contributed by atoms with Crippen molar-refractivity contribution in [2.24, 2.45) is 12.5 Å². The van der Waals surface area contributed by atoms with Gasteiger partial charge in [0.15, 0.2) is 5.52 Å². The molecule has 3 fully saturated rings. The van der Waals surface area contributed by atoms with E-state index < -0.39 is 34.8 Å². The molecule has 0 unspecified atom stereocenters. The standard InChI is InChI=1S/C14H10ClF5N4O/c1-24-8(25)6-5(21-10(24)14(18,19)20)7(23-11(15)22-6)12-2-13(3-12,4-12)9(16)17/h9H,2-4H2,1H3. The molecule has 3 aliphatic carbocycles. The fourth-order valence-electron chi connectivity index (χ4n) is 4.09. The highest BCUT2D eigenvalue weighted by molar-refractivity contribution is 6.28. The van der Waals surface area contributed by atoms with Crippen molar-refractivity contribution in [1.82, 2.24) is 19.5 Å². The molecule has 0 amide bonds. The van der Waals surface area contributed by atoms with Gasteiger partial charge < -0.3 is 0 Å². The molecule has 3 aliphatic rings. The van der Waals surface area contributed by atoms with Crippen molar-refractivity contribution in [2.75, 3.05) is 0 Å². The van der Waals surface area contributed by atoms with Gasteiger partial charge in [-0.2, -0.15) is 13.2 Å². The van der Waals surface area contributed by atoms with E-state index in [0.717, 1.165) is 7.05 Å². The molecular formula is C14H10ClF5N4O. The molecule has 0 spiro atoms. The van der Waals surface area contributed by atoms with E-state index in [4.69, 9.17) is 11.6 Å². The van der Waals surface area contributed by atoms with Crippen LogP contribution in [0.2, 0.25) is 5.28 Å². The Kier molecular flexibility index (Phi) is 3.10. The van der Waals surface area contributed by atoms with Gasteiger partial charge in [0.25, 0.3) is 5.56 Å². The van der Waals surface area contributed by atoms with Gasteiger partial charge in [0, 0.05) is 17.9 Å². The van der Waals surface area contributed by atoms with Crippen molar-refractivity contribution in [1.29, 1.82) is 0 Å². The number of alkyl halides is 5. The molecule has 2 heterocycles. The number of nitrogens with zero attached hydrogens (tertiary/aromatic N) is 4. The third-order valence-electron chi connectivity index (χ3n) is 5.19. The zero-order chi connectivity index (χ0) is 18.4. The van der Waals surface area contributed by atoms with E-state index in [1.165, 1.54) is 0 Å². The molecule has 5 nitrogen and oxygen atoms in total. The number of hydrogen-bond acceptors (Lipinski definition) is 4. The number of aromatic nitrogens is 4. The van der Waals surface area contributed by atoms with Crippen LogP contribution in [0.5, 0.6) is 0 Å². The van der Waals surface area contributed by atoms with Gasteiger partial charge in [0.2, 0.25) is 17.5 Å². The Bertz CT molecular complexity index is 951. The molecule has 5 rings (SSSR count).